The van der Waals surface area contributed by atoms with Crippen molar-refractivity contribution < 1.29 is 24.6 Å². The number of carbonyl (C=O) groups excluding carboxylic acids is 2. The molecule has 2 saturated heterocycles. The molecule has 0 aromatic carbocycles. The Bertz CT molecular complexity index is 665. The predicted octanol–water partition coefficient (Wildman–Crippen LogP) is -1.28. The SMILES string of the molecule is C[C@@H](O)[C@H]1C(=O)N2C(C(=O)O)=C(C3CN(C(=N)CC(N)=O)C3)C[C@H]12. The summed E-state index contributed by atoms with van der Waals surface area (Å²) in [4.78, 5) is 37.6. The number of primary amides is 1. The van der Waals surface area contributed by atoms with E-state index in [1.807, 2.05) is 0 Å². The molecule has 3 aliphatic rings. The number of nitrogens with one attached hydrogen (secondary N) is 1. The van der Waals surface area contributed by atoms with E-state index in [0.29, 0.717) is 25.1 Å². The summed E-state index contributed by atoms with van der Waals surface area (Å²) in [5.41, 5.74) is 5.78. The molecule has 3 heterocycles. The number of fused-ring (bicyclic) bond motifs is 1. The van der Waals surface area contributed by atoms with E-state index in [4.69, 9.17) is 11.1 Å². The zero-order valence-electron chi connectivity index (χ0n) is 13.2. The molecule has 3 aliphatic heterocycles. The summed E-state index contributed by atoms with van der Waals surface area (Å²) in [7, 11) is 0. The van der Waals surface area contributed by atoms with Gasteiger partial charge >= 0.3 is 5.97 Å². The zero-order valence-corrected chi connectivity index (χ0v) is 13.2. The van der Waals surface area contributed by atoms with Gasteiger partial charge in [-0.25, -0.2) is 4.79 Å². The normalized spacial score (nSPS) is 27.5. The third-order valence-corrected chi connectivity index (χ3v) is 5.06. The number of carboxylic acids is 1. The molecule has 0 unspecified atom stereocenters. The maximum absolute atomic E-state index is 12.1. The number of hydrogen-bond donors (Lipinski definition) is 4. The van der Waals surface area contributed by atoms with E-state index >= 15 is 0 Å². The summed E-state index contributed by atoms with van der Waals surface area (Å²) >= 11 is 0. The van der Waals surface area contributed by atoms with Gasteiger partial charge in [0.05, 0.1) is 24.5 Å². The molecule has 0 aromatic heterocycles. The summed E-state index contributed by atoms with van der Waals surface area (Å²) in [6.45, 7) is 2.41. The first-order valence-corrected chi connectivity index (χ1v) is 7.80. The summed E-state index contributed by atoms with van der Waals surface area (Å²) in [6, 6.07) is -0.294. The quantitative estimate of drug-likeness (QED) is 0.279. The van der Waals surface area contributed by atoms with Crippen LogP contribution in [0.5, 0.6) is 0 Å². The van der Waals surface area contributed by atoms with Crippen LogP contribution in [0.2, 0.25) is 0 Å². The standard InChI is InChI=1S/C15H20N4O5/c1-6(20)12-9-2-8(13(15(23)24)19(9)14(12)22)7-4-18(5-7)10(16)3-11(17)21/h6-7,9,12,16,20H,2-5H2,1H3,(H2,17,21)(H,23,24)/t6-,9-,12-/m1/s1. The van der Waals surface area contributed by atoms with Gasteiger partial charge in [-0.2, -0.15) is 0 Å². The van der Waals surface area contributed by atoms with Gasteiger partial charge in [0.25, 0.3) is 0 Å². The number of carbonyl (C=O) groups is 3. The molecule has 0 aromatic rings. The van der Waals surface area contributed by atoms with Crippen molar-refractivity contribution in [2.24, 2.45) is 17.6 Å². The number of amides is 2. The molecule has 3 rings (SSSR count). The van der Waals surface area contributed by atoms with Crippen LogP contribution in [0.3, 0.4) is 0 Å². The van der Waals surface area contributed by atoms with E-state index < -0.39 is 23.9 Å². The number of aliphatic hydroxyl groups excluding tert-OH is 1. The molecule has 5 N–H and O–H groups in total. The van der Waals surface area contributed by atoms with Crippen molar-refractivity contribution in [3.8, 4) is 0 Å². The molecule has 0 saturated carbocycles. The van der Waals surface area contributed by atoms with Gasteiger partial charge in [-0.15, -0.1) is 0 Å². The van der Waals surface area contributed by atoms with Crippen LogP contribution >= 0.6 is 0 Å². The fraction of sp³-hybridized carbons (Fsp3) is 0.600. The van der Waals surface area contributed by atoms with Crippen LogP contribution in [-0.4, -0.2) is 68.9 Å². The zero-order chi connectivity index (χ0) is 17.8. The van der Waals surface area contributed by atoms with Gasteiger partial charge in [-0.05, 0) is 18.9 Å². The van der Waals surface area contributed by atoms with E-state index in [1.54, 1.807) is 4.90 Å². The van der Waals surface area contributed by atoms with Crippen LogP contribution in [0.25, 0.3) is 0 Å². The molecule has 0 bridgehead atoms. The minimum Gasteiger partial charge on any atom is -0.477 e. The highest BCUT2D eigenvalue weighted by molar-refractivity contribution is 6.00. The fourth-order valence-electron chi connectivity index (χ4n) is 3.86. The van der Waals surface area contributed by atoms with Crippen LogP contribution < -0.4 is 5.73 Å². The third kappa shape index (κ3) is 2.35. The van der Waals surface area contributed by atoms with Gasteiger partial charge < -0.3 is 25.7 Å². The number of likely N-dealkylation sites (tertiary alicyclic amines) is 1. The third-order valence-electron chi connectivity index (χ3n) is 5.06. The number of β-lactam (4-membered cyclic amide) rings is 1. The summed E-state index contributed by atoms with van der Waals surface area (Å²) in [6.07, 6.45) is -0.519. The molecule has 0 aliphatic carbocycles. The topological polar surface area (TPSA) is 148 Å². The minimum absolute atomic E-state index is 0.0213. The Labute approximate surface area is 138 Å². The highest BCUT2D eigenvalue weighted by Gasteiger charge is 2.58. The summed E-state index contributed by atoms with van der Waals surface area (Å²) in [5.74, 6) is -2.58. The van der Waals surface area contributed by atoms with Crippen molar-refractivity contribution in [3.63, 3.8) is 0 Å². The van der Waals surface area contributed by atoms with Crippen molar-refractivity contribution in [3.05, 3.63) is 11.3 Å². The van der Waals surface area contributed by atoms with Crippen molar-refractivity contribution in [2.75, 3.05) is 13.1 Å². The van der Waals surface area contributed by atoms with Gasteiger partial charge in [0, 0.05) is 19.0 Å². The van der Waals surface area contributed by atoms with Crippen LogP contribution in [0.1, 0.15) is 19.8 Å². The number of amidine groups is 1. The Kier molecular flexibility index (Phi) is 3.83. The average Bonchev–Trinajstić information content (AvgIpc) is 2.70. The minimum atomic E-state index is -1.14. The van der Waals surface area contributed by atoms with E-state index in [0.717, 1.165) is 0 Å². The van der Waals surface area contributed by atoms with E-state index in [1.165, 1.54) is 11.8 Å². The molecular formula is C15H20N4O5. The fourth-order valence-corrected chi connectivity index (χ4v) is 3.86. The number of nitrogens with zero attached hydrogens (tertiary/aromatic N) is 2. The summed E-state index contributed by atoms with van der Waals surface area (Å²) in [5, 5.41) is 27.0. The molecule has 9 heteroatoms. The maximum atomic E-state index is 12.1. The highest BCUT2D eigenvalue weighted by Crippen LogP contribution is 2.47. The number of nitrogens with two attached hydrogens (primary N) is 1. The number of hydrogen-bond acceptors (Lipinski definition) is 5. The molecule has 0 spiro atoms. The monoisotopic (exact) mass is 336 g/mol. The Balaban J connectivity index is 1.73. The van der Waals surface area contributed by atoms with Crippen molar-refractivity contribution in [1.29, 1.82) is 5.41 Å². The lowest BCUT2D eigenvalue weighted by Gasteiger charge is -2.44. The predicted molar refractivity (Wildman–Crippen MR) is 81.7 cm³/mol. The number of aliphatic hydroxyl groups is 1. The average molecular weight is 336 g/mol. The first kappa shape index (κ1) is 16.4. The van der Waals surface area contributed by atoms with Gasteiger partial charge in [0.2, 0.25) is 11.8 Å². The molecule has 2 amide bonds. The van der Waals surface area contributed by atoms with Crippen molar-refractivity contribution in [1.82, 2.24) is 9.80 Å². The van der Waals surface area contributed by atoms with Gasteiger partial charge in [-0.1, -0.05) is 0 Å². The Hall–Kier alpha value is -2.42. The molecule has 2 fully saturated rings. The second kappa shape index (κ2) is 5.59. The smallest absolute Gasteiger partial charge is 0.352 e. The molecule has 130 valence electrons. The lowest BCUT2D eigenvalue weighted by molar-refractivity contribution is -0.161. The number of rotatable bonds is 5. The Morgan fingerprint density at radius 2 is 2.04 bits per heavy atom. The largest absolute Gasteiger partial charge is 0.477 e. The van der Waals surface area contributed by atoms with Gasteiger partial charge in [0.15, 0.2) is 0 Å². The number of aliphatic carboxylic acids is 1. The van der Waals surface area contributed by atoms with Crippen molar-refractivity contribution >= 4 is 23.6 Å². The van der Waals surface area contributed by atoms with Crippen LogP contribution in [0, 0.1) is 17.2 Å². The first-order valence-electron chi connectivity index (χ1n) is 7.80. The molecule has 0 radical (unpaired) electrons. The van der Waals surface area contributed by atoms with Crippen LogP contribution in [0.4, 0.5) is 0 Å². The lowest BCUT2D eigenvalue weighted by Crippen LogP contribution is -2.61. The molecule has 9 nitrogen and oxygen atoms in total. The second-order valence-electron chi connectivity index (χ2n) is 6.62. The van der Waals surface area contributed by atoms with Crippen LogP contribution in [-0.2, 0) is 14.4 Å². The maximum Gasteiger partial charge on any atom is 0.352 e. The molecule has 3 atom stereocenters. The lowest BCUT2D eigenvalue weighted by atomic mass is 9.81. The van der Waals surface area contributed by atoms with Crippen molar-refractivity contribution in [2.45, 2.75) is 31.9 Å². The highest BCUT2D eigenvalue weighted by atomic mass is 16.4. The van der Waals surface area contributed by atoms with E-state index in [2.05, 4.69) is 0 Å². The first-order chi connectivity index (χ1) is 11.2. The molecular weight excluding hydrogens is 316 g/mol. The Morgan fingerprint density at radius 3 is 2.54 bits per heavy atom. The summed E-state index contributed by atoms with van der Waals surface area (Å²) < 4.78 is 0. The number of carboxylic acid groups (broad SMARTS) is 1. The van der Waals surface area contributed by atoms with E-state index in [9.17, 15) is 24.6 Å². The van der Waals surface area contributed by atoms with Gasteiger partial charge in [0.1, 0.15) is 11.5 Å². The second-order valence-corrected chi connectivity index (χ2v) is 6.62. The van der Waals surface area contributed by atoms with Gasteiger partial charge in [-0.3, -0.25) is 15.0 Å². The Morgan fingerprint density at radius 1 is 1.42 bits per heavy atom. The molecule has 24 heavy (non-hydrogen) atoms. The van der Waals surface area contributed by atoms with Crippen LogP contribution in [0.15, 0.2) is 11.3 Å². The van der Waals surface area contributed by atoms with E-state index in [-0.39, 0.29) is 35.8 Å².